The van der Waals surface area contributed by atoms with E-state index >= 15 is 0 Å². The molecule has 0 radical (unpaired) electrons. The molecule has 4 atom stereocenters. The summed E-state index contributed by atoms with van der Waals surface area (Å²) in [4.78, 5) is 25.6. The predicted molar refractivity (Wildman–Crippen MR) is 98.6 cm³/mol. The van der Waals surface area contributed by atoms with Gasteiger partial charge in [-0.25, -0.2) is 0 Å². The summed E-state index contributed by atoms with van der Waals surface area (Å²) in [7, 11) is 1.36. The molecule has 1 heterocycles. The monoisotopic (exact) mass is 375 g/mol. The average molecular weight is 376 g/mol. The van der Waals surface area contributed by atoms with Crippen LogP contribution in [-0.2, 0) is 19.1 Å². The second kappa shape index (κ2) is 7.64. The van der Waals surface area contributed by atoms with E-state index in [1.54, 1.807) is 19.1 Å². The second-order valence-electron chi connectivity index (χ2n) is 6.44. The van der Waals surface area contributed by atoms with Gasteiger partial charge in [-0.1, -0.05) is 48.0 Å². The highest BCUT2D eigenvalue weighted by Gasteiger charge is 2.61. The van der Waals surface area contributed by atoms with Crippen LogP contribution < -0.4 is 5.32 Å². The number of nitrogens with one attached hydrogen (secondary N) is 1. The summed E-state index contributed by atoms with van der Waals surface area (Å²) >= 11 is 6.02. The van der Waals surface area contributed by atoms with E-state index in [-0.39, 0.29) is 24.5 Å². The Bertz CT molecular complexity index is 743. The molecule has 0 aromatic heterocycles. The maximum atomic E-state index is 13.1. The van der Waals surface area contributed by atoms with Crippen molar-refractivity contribution in [1.29, 1.82) is 0 Å². The van der Waals surface area contributed by atoms with Gasteiger partial charge in [0.15, 0.2) is 0 Å². The first kappa shape index (κ1) is 18.7. The SMILES string of the molecule is CCOC(=O)[C@]12C=CC=CC[C@H]1[C@H](C(=O)OC)N[C@@H]2c1ccc(Cl)cc1. The zero-order valence-electron chi connectivity index (χ0n) is 14.8. The van der Waals surface area contributed by atoms with Crippen LogP contribution in [0.2, 0.25) is 5.02 Å². The summed E-state index contributed by atoms with van der Waals surface area (Å²) < 4.78 is 10.4. The van der Waals surface area contributed by atoms with E-state index in [1.807, 2.05) is 36.4 Å². The van der Waals surface area contributed by atoms with Gasteiger partial charge in [0.25, 0.3) is 0 Å². The van der Waals surface area contributed by atoms with Crippen molar-refractivity contribution in [3.8, 4) is 0 Å². The van der Waals surface area contributed by atoms with Gasteiger partial charge in [-0.2, -0.15) is 0 Å². The molecule has 26 heavy (non-hydrogen) atoms. The Hall–Kier alpha value is -2.11. The van der Waals surface area contributed by atoms with E-state index in [2.05, 4.69) is 5.32 Å². The van der Waals surface area contributed by atoms with Crippen LogP contribution >= 0.6 is 11.6 Å². The predicted octanol–water partition coefficient (Wildman–Crippen LogP) is 3.21. The summed E-state index contributed by atoms with van der Waals surface area (Å²) in [5.74, 6) is -1.04. The van der Waals surface area contributed by atoms with E-state index in [9.17, 15) is 9.59 Å². The second-order valence-corrected chi connectivity index (χ2v) is 6.87. The van der Waals surface area contributed by atoms with Crippen molar-refractivity contribution in [2.45, 2.75) is 25.4 Å². The largest absolute Gasteiger partial charge is 0.468 e. The van der Waals surface area contributed by atoms with Crippen LogP contribution in [0.25, 0.3) is 0 Å². The minimum Gasteiger partial charge on any atom is -0.468 e. The topological polar surface area (TPSA) is 64.6 Å². The number of hydrogen-bond acceptors (Lipinski definition) is 5. The Morgan fingerprint density at radius 2 is 2.00 bits per heavy atom. The highest BCUT2D eigenvalue weighted by atomic mass is 35.5. The third-order valence-corrected chi connectivity index (χ3v) is 5.39. The summed E-state index contributed by atoms with van der Waals surface area (Å²) in [6.07, 6.45) is 8.12. The Labute approximate surface area is 158 Å². The van der Waals surface area contributed by atoms with E-state index in [4.69, 9.17) is 21.1 Å². The van der Waals surface area contributed by atoms with Crippen LogP contribution in [0.1, 0.15) is 24.9 Å². The van der Waals surface area contributed by atoms with Gasteiger partial charge in [0.1, 0.15) is 11.5 Å². The number of esters is 2. The highest BCUT2D eigenvalue weighted by molar-refractivity contribution is 6.30. The molecule has 2 aliphatic rings. The first-order valence-corrected chi connectivity index (χ1v) is 9.03. The number of hydrogen-bond donors (Lipinski definition) is 1. The van der Waals surface area contributed by atoms with Gasteiger partial charge in [0, 0.05) is 10.9 Å². The Balaban J connectivity index is 2.14. The van der Waals surface area contributed by atoms with Crippen molar-refractivity contribution < 1.29 is 19.1 Å². The van der Waals surface area contributed by atoms with Gasteiger partial charge in [0.2, 0.25) is 0 Å². The molecule has 6 heteroatoms. The van der Waals surface area contributed by atoms with E-state index in [1.165, 1.54) is 7.11 Å². The fourth-order valence-corrected chi connectivity index (χ4v) is 4.10. The normalized spacial score (nSPS) is 29.7. The molecule has 5 nitrogen and oxygen atoms in total. The van der Waals surface area contributed by atoms with Crippen molar-refractivity contribution >= 4 is 23.5 Å². The molecule has 1 aliphatic heterocycles. The smallest absolute Gasteiger partial charge is 0.323 e. The van der Waals surface area contributed by atoms with Crippen molar-refractivity contribution in [3.63, 3.8) is 0 Å². The van der Waals surface area contributed by atoms with Crippen molar-refractivity contribution in [2.24, 2.45) is 11.3 Å². The summed E-state index contributed by atoms with van der Waals surface area (Å²) in [5.41, 5.74) is -0.142. The van der Waals surface area contributed by atoms with Crippen LogP contribution in [0, 0.1) is 11.3 Å². The van der Waals surface area contributed by atoms with Crippen LogP contribution in [0.5, 0.6) is 0 Å². The molecule has 1 aromatic carbocycles. The van der Waals surface area contributed by atoms with Gasteiger partial charge in [-0.3, -0.25) is 14.9 Å². The van der Waals surface area contributed by atoms with Crippen molar-refractivity contribution in [3.05, 3.63) is 59.2 Å². The fraction of sp³-hybridized carbons (Fsp3) is 0.400. The van der Waals surface area contributed by atoms with E-state index in [0.29, 0.717) is 11.4 Å². The molecule has 0 unspecified atom stereocenters. The maximum Gasteiger partial charge on any atom is 0.323 e. The number of ether oxygens (including phenoxy) is 2. The van der Waals surface area contributed by atoms with Gasteiger partial charge in [-0.05, 0) is 31.0 Å². The highest BCUT2D eigenvalue weighted by Crippen LogP contribution is 2.52. The minimum absolute atomic E-state index is 0.269. The van der Waals surface area contributed by atoms with Gasteiger partial charge in [-0.15, -0.1) is 0 Å². The summed E-state index contributed by atoms with van der Waals surface area (Å²) in [6.45, 7) is 2.05. The van der Waals surface area contributed by atoms with E-state index in [0.717, 1.165) is 5.56 Å². The Morgan fingerprint density at radius 3 is 2.65 bits per heavy atom. The Kier molecular flexibility index (Phi) is 5.49. The average Bonchev–Trinajstić information content (AvgIpc) is 2.81. The number of benzene rings is 1. The molecular weight excluding hydrogens is 354 g/mol. The first-order chi connectivity index (χ1) is 12.5. The quantitative estimate of drug-likeness (QED) is 0.819. The molecular formula is C20H22ClNO4. The molecule has 1 saturated heterocycles. The van der Waals surface area contributed by atoms with Crippen molar-refractivity contribution in [1.82, 2.24) is 5.32 Å². The summed E-state index contributed by atoms with van der Waals surface area (Å²) in [6, 6.07) is 6.24. The molecule has 0 saturated carbocycles. The lowest BCUT2D eigenvalue weighted by atomic mass is 9.68. The lowest BCUT2D eigenvalue weighted by molar-refractivity contribution is -0.156. The summed E-state index contributed by atoms with van der Waals surface area (Å²) in [5, 5.41) is 3.93. The maximum absolute atomic E-state index is 13.1. The Morgan fingerprint density at radius 1 is 1.27 bits per heavy atom. The molecule has 1 aromatic rings. The molecule has 138 valence electrons. The van der Waals surface area contributed by atoms with Crippen LogP contribution in [0.15, 0.2) is 48.6 Å². The van der Waals surface area contributed by atoms with Crippen LogP contribution in [-0.4, -0.2) is 31.7 Å². The molecule has 0 amide bonds. The van der Waals surface area contributed by atoms with Gasteiger partial charge >= 0.3 is 11.9 Å². The zero-order chi connectivity index (χ0) is 18.7. The molecule has 0 spiro atoms. The number of carbonyl (C=O) groups is 2. The molecule has 1 aliphatic carbocycles. The number of halogens is 1. The first-order valence-electron chi connectivity index (χ1n) is 8.65. The van der Waals surface area contributed by atoms with Crippen LogP contribution in [0.4, 0.5) is 0 Å². The lowest BCUT2D eigenvalue weighted by Gasteiger charge is -2.34. The van der Waals surface area contributed by atoms with Gasteiger partial charge < -0.3 is 9.47 Å². The van der Waals surface area contributed by atoms with Gasteiger partial charge in [0.05, 0.1) is 19.8 Å². The molecule has 1 fully saturated rings. The number of fused-ring (bicyclic) bond motifs is 1. The number of carbonyl (C=O) groups excluding carboxylic acids is 2. The third-order valence-electron chi connectivity index (χ3n) is 5.14. The fourth-order valence-electron chi connectivity index (χ4n) is 3.97. The molecule has 0 bridgehead atoms. The third kappa shape index (κ3) is 3.06. The number of methoxy groups -OCH3 is 1. The lowest BCUT2D eigenvalue weighted by Crippen LogP contribution is -2.42. The van der Waals surface area contributed by atoms with E-state index < -0.39 is 17.5 Å². The molecule has 1 N–H and O–H groups in total. The van der Waals surface area contributed by atoms with Crippen molar-refractivity contribution in [2.75, 3.05) is 13.7 Å². The number of allylic oxidation sites excluding steroid dienone is 3. The standard InChI is InChI=1S/C20H22ClNO4/c1-3-26-19(24)20-12-6-4-5-7-15(20)16(18(23)25-2)22-17(20)13-8-10-14(21)11-9-13/h4-6,8-12,15-17,22H,3,7H2,1-2H3/t15-,16+,17+,20+/m0/s1. The minimum atomic E-state index is -1.01. The number of rotatable bonds is 4. The zero-order valence-corrected chi connectivity index (χ0v) is 15.5. The van der Waals surface area contributed by atoms with Crippen LogP contribution in [0.3, 0.4) is 0 Å². The molecule has 3 rings (SSSR count).